The molecular formula is C17H24ClN4O2S2+. The number of benzene rings is 1. The van der Waals surface area contributed by atoms with Gasteiger partial charge in [-0.25, -0.2) is 0 Å². The van der Waals surface area contributed by atoms with Crippen LogP contribution in [0.25, 0.3) is 0 Å². The van der Waals surface area contributed by atoms with Gasteiger partial charge in [0.15, 0.2) is 4.34 Å². The lowest BCUT2D eigenvalue weighted by atomic mass is 10.3. The standard InChI is InChI=1S/C17H23ClN4O2S2/c18-14-4-1-2-5-15(14)24-12-13-25-17-21-20-16(26-17)19-6-3-7-22-8-10-23-11-9-22/h1-2,4-5H,3,6-13H2,(H,19,20)/p+1. The molecule has 142 valence electrons. The van der Waals surface area contributed by atoms with E-state index in [0.717, 1.165) is 60.2 Å². The van der Waals surface area contributed by atoms with Gasteiger partial charge in [-0.15, -0.1) is 10.2 Å². The molecule has 0 atom stereocenters. The molecular weight excluding hydrogens is 392 g/mol. The number of morpholine rings is 1. The number of nitrogens with zero attached hydrogens (tertiary/aromatic N) is 2. The van der Waals surface area contributed by atoms with E-state index in [0.29, 0.717) is 11.6 Å². The quantitative estimate of drug-likeness (QED) is 0.457. The first kappa shape index (κ1) is 19.7. The van der Waals surface area contributed by atoms with Gasteiger partial charge in [0.1, 0.15) is 18.8 Å². The molecule has 0 amide bonds. The summed E-state index contributed by atoms with van der Waals surface area (Å²) >= 11 is 9.30. The summed E-state index contributed by atoms with van der Waals surface area (Å²) in [6.07, 6.45) is 1.13. The van der Waals surface area contributed by atoms with Crippen LogP contribution >= 0.6 is 34.7 Å². The summed E-state index contributed by atoms with van der Waals surface area (Å²) in [5, 5.41) is 13.3. The highest BCUT2D eigenvalue weighted by Crippen LogP contribution is 2.26. The van der Waals surface area contributed by atoms with E-state index < -0.39 is 0 Å². The van der Waals surface area contributed by atoms with Crippen LogP contribution in [0.4, 0.5) is 5.13 Å². The minimum Gasteiger partial charge on any atom is -0.491 e. The van der Waals surface area contributed by atoms with Crippen molar-refractivity contribution in [2.45, 2.75) is 10.8 Å². The fourth-order valence-corrected chi connectivity index (χ4v) is 4.48. The number of anilines is 1. The number of halogens is 1. The zero-order valence-corrected chi connectivity index (χ0v) is 17.0. The summed E-state index contributed by atoms with van der Waals surface area (Å²) < 4.78 is 12.0. The fourth-order valence-electron chi connectivity index (χ4n) is 2.63. The second-order valence-electron chi connectivity index (χ2n) is 5.89. The lowest BCUT2D eigenvalue weighted by Crippen LogP contribution is -3.14. The maximum atomic E-state index is 6.07. The van der Waals surface area contributed by atoms with Gasteiger partial charge < -0.3 is 19.7 Å². The number of quaternary nitrogens is 1. The molecule has 26 heavy (non-hydrogen) atoms. The van der Waals surface area contributed by atoms with E-state index in [1.54, 1.807) is 28.0 Å². The lowest BCUT2D eigenvalue weighted by Gasteiger charge is -2.23. The van der Waals surface area contributed by atoms with Gasteiger partial charge in [-0.2, -0.15) is 0 Å². The van der Waals surface area contributed by atoms with Gasteiger partial charge in [0.25, 0.3) is 0 Å². The maximum absolute atomic E-state index is 6.07. The van der Waals surface area contributed by atoms with Crippen LogP contribution in [0.2, 0.25) is 5.02 Å². The third kappa shape index (κ3) is 6.59. The van der Waals surface area contributed by atoms with Gasteiger partial charge in [-0.3, -0.25) is 0 Å². The average molecular weight is 416 g/mol. The number of aromatic nitrogens is 2. The number of hydrogen-bond donors (Lipinski definition) is 2. The van der Waals surface area contributed by atoms with Crippen molar-refractivity contribution < 1.29 is 14.4 Å². The highest BCUT2D eigenvalue weighted by atomic mass is 35.5. The van der Waals surface area contributed by atoms with E-state index in [1.807, 2.05) is 24.3 Å². The van der Waals surface area contributed by atoms with E-state index in [4.69, 9.17) is 21.1 Å². The van der Waals surface area contributed by atoms with Crippen LogP contribution < -0.4 is 15.0 Å². The van der Waals surface area contributed by atoms with Crippen LogP contribution in [-0.2, 0) is 4.74 Å². The Bertz CT molecular complexity index is 668. The first-order valence-corrected chi connectivity index (χ1v) is 11.0. The van der Waals surface area contributed by atoms with Crippen LogP contribution in [-0.4, -0.2) is 61.9 Å². The molecule has 1 fully saturated rings. The molecule has 3 rings (SSSR count). The predicted molar refractivity (Wildman–Crippen MR) is 107 cm³/mol. The lowest BCUT2D eigenvalue weighted by molar-refractivity contribution is -0.908. The van der Waals surface area contributed by atoms with Crippen molar-refractivity contribution in [3.63, 3.8) is 0 Å². The molecule has 0 unspecified atom stereocenters. The molecule has 0 radical (unpaired) electrons. The number of para-hydroxylation sites is 1. The number of rotatable bonds is 10. The Labute approximate surface area is 167 Å². The fraction of sp³-hybridized carbons (Fsp3) is 0.529. The summed E-state index contributed by atoms with van der Waals surface area (Å²) in [6, 6.07) is 7.51. The topological polar surface area (TPSA) is 60.7 Å². The Morgan fingerprint density at radius 1 is 1.27 bits per heavy atom. The van der Waals surface area contributed by atoms with Crippen LogP contribution in [0.1, 0.15) is 6.42 Å². The third-order valence-corrected chi connectivity index (χ3v) is 6.28. The van der Waals surface area contributed by atoms with Gasteiger partial charge in [0.2, 0.25) is 5.13 Å². The van der Waals surface area contributed by atoms with Crippen molar-refractivity contribution in [2.24, 2.45) is 0 Å². The average Bonchev–Trinajstić information content (AvgIpc) is 3.12. The maximum Gasteiger partial charge on any atom is 0.206 e. The van der Waals surface area contributed by atoms with Crippen molar-refractivity contribution >= 4 is 39.8 Å². The van der Waals surface area contributed by atoms with E-state index in [1.165, 1.54) is 6.54 Å². The van der Waals surface area contributed by atoms with Gasteiger partial charge in [0.05, 0.1) is 31.4 Å². The summed E-state index contributed by atoms with van der Waals surface area (Å²) in [5.41, 5.74) is 0. The number of nitrogens with one attached hydrogen (secondary N) is 2. The van der Waals surface area contributed by atoms with E-state index in [-0.39, 0.29) is 0 Å². The Kier molecular flexibility index (Phi) is 8.28. The predicted octanol–water partition coefficient (Wildman–Crippen LogP) is 2.08. The molecule has 2 aromatic rings. The number of ether oxygens (including phenoxy) is 2. The molecule has 0 bridgehead atoms. The van der Waals surface area contributed by atoms with Gasteiger partial charge in [-0.05, 0) is 12.1 Å². The third-order valence-electron chi connectivity index (χ3n) is 3.99. The summed E-state index contributed by atoms with van der Waals surface area (Å²) in [5.74, 6) is 1.53. The molecule has 0 spiro atoms. The van der Waals surface area contributed by atoms with Crippen molar-refractivity contribution in [1.82, 2.24) is 10.2 Å². The summed E-state index contributed by atoms with van der Waals surface area (Å²) in [7, 11) is 0. The van der Waals surface area contributed by atoms with Crippen molar-refractivity contribution in [1.29, 1.82) is 0 Å². The molecule has 6 nitrogen and oxygen atoms in total. The SMILES string of the molecule is Clc1ccccc1OCCSc1nnc(NCCC[NH+]2CCOCC2)s1. The molecule has 2 N–H and O–H groups in total. The summed E-state index contributed by atoms with van der Waals surface area (Å²) in [4.78, 5) is 1.63. The van der Waals surface area contributed by atoms with Crippen LogP contribution in [0, 0.1) is 0 Å². The first-order chi connectivity index (χ1) is 12.8. The van der Waals surface area contributed by atoms with Gasteiger partial charge >= 0.3 is 0 Å². The second-order valence-corrected chi connectivity index (χ2v) is 8.62. The van der Waals surface area contributed by atoms with Gasteiger partial charge in [0, 0.05) is 18.7 Å². The monoisotopic (exact) mass is 415 g/mol. The highest BCUT2D eigenvalue weighted by molar-refractivity contribution is 8.01. The first-order valence-electron chi connectivity index (χ1n) is 8.80. The number of thioether (sulfide) groups is 1. The molecule has 9 heteroatoms. The second kappa shape index (κ2) is 10.9. The summed E-state index contributed by atoms with van der Waals surface area (Å²) in [6.45, 7) is 6.71. The molecule has 1 saturated heterocycles. The van der Waals surface area contributed by atoms with Crippen LogP contribution in [0.5, 0.6) is 5.75 Å². The van der Waals surface area contributed by atoms with Crippen LogP contribution in [0.15, 0.2) is 28.6 Å². The zero-order valence-electron chi connectivity index (χ0n) is 14.6. The largest absolute Gasteiger partial charge is 0.491 e. The Hall–Kier alpha value is -1.06. The highest BCUT2D eigenvalue weighted by Gasteiger charge is 2.13. The van der Waals surface area contributed by atoms with Crippen LogP contribution in [0.3, 0.4) is 0 Å². The minimum absolute atomic E-state index is 0.582. The van der Waals surface area contributed by atoms with E-state index >= 15 is 0 Å². The smallest absolute Gasteiger partial charge is 0.206 e. The Balaban J connectivity index is 1.28. The molecule has 1 aliphatic heterocycles. The molecule has 1 aliphatic rings. The molecule has 2 heterocycles. The Morgan fingerprint density at radius 2 is 2.12 bits per heavy atom. The molecule has 0 saturated carbocycles. The normalized spacial score (nSPS) is 15.1. The zero-order chi connectivity index (χ0) is 18.0. The van der Waals surface area contributed by atoms with Crippen molar-refractivity contribution in [3.05, 3.63) is 29.3 Å². The minimum atomic E-state index is 0.582. The number of hydrogen-bond acceptors (Lipinski definition) is 7. The van der Waals surface area contributed by atoms with Gasteiger partial charge in [-0.1, -0.05) is 46.8 Å². The molecule has 1 aromatic carbocycles. The molecule has 1 aromatic heterocycles. The molecule has 0 aliphatic carbocycles. The van der Waals surface area contributed by atoms with Crippen molar-refractivity contribution in [2.75, 3.05) is 57.1 Å². The van der Waals surface area contributed by atoms with Crippen molar-refractivity contribution in [3.8, 4) is 5.75 Å². The van der Waals surface area contributed by atoms with E-state index in [2.05, 4.69) is 15.5 Å². The Morgan fingerprint density at radius 3 is 2.96 bits per heavy atom. The van der Waals surface area contributed by atoms with E-state index in [9.17, 15) is 0 Å².